The SMILES string of the molecule is OC1CCC1CCCC1CC1. The Balaban J connectivity index is 1.51. The van der Waals surface area contributed by atoms with Crippen molar-refractivity contribution in [2.45, 2.75) is 51.0 Å². The lowest BCUT2D eigenvalue weighted by Crippen LogP contribution is -2.30. The lowest BCUT2D eigenvalue weighted by atomic mass is 9.78. The number of aliphatic hydroxyl groups is 1. The molecular formula is C10H18O. The Morgan fingerprint density at radius 3 is 2.27 bits per heavy atom. The molecule has 2 unspecified atom stereocenters. The first-order valence-electron chi connectivity index (χ1n) is 5.04. The van der Waals surface area contributed by atoms with E-state index in [-0.39, 0.29) is 6.10 Å². The lowest BCUT2D eigenvalue weighted by Gasteiger charge is -2.32. The third kappa shape index (κ3) is 1.96. The van der Waals surface area contributed by atoms with Crippen LogP contribution < -0.4 is 0 Å². The highest BCUT2D eigenvalue weighted by Crippen LogP contribution is 2.37. The molecule has 0 heterocycles. The van der Waals surface area contributed by atoms with Crippen LogP contribution in [0.1, 0.15) is 44.9 Å². The minimum absolute atomic E-state index is 0.0641. The summed E-state index contributed by atoms with van der Waals surface area (Å²) in [7, 11) is 0. The second-order valence-electron chi connectivity index (χ2n) is 4.28. The van der Waals surface area contributed by atoms with Gasteiger partial charge in [-0.15, -0.1) is 0 Å². The van der Waals surface area contributed by atoms with E-state index in [0.29, 0.717) is 5.92 Å². The van der Waals surface area contributed by atoms with E-state index >= 15 is 0 Å². The van der Waals surface area contributed by atoms with Crippen LogP contribution in [0.4, 0.5) is 0 Å². The fraction of sp³-hybridized carbons (Fsp3) is 1.00. The maximum absolute atomic E-state index is 9.29. The zero-order valence-electron chi connectivity index (χ0n) is 7.13. The highest BCUT2D eigenvalue weighted by atomic mass is 16.3. The highest BCUT2D eigenvalue weighted by molar-refractivity contribution is 4.81. The zero-order valence-corrected chi connectivity index (χ0v) is 7.13. The van der Waals surface area contributed by atoms with Crippen LogP contribution in [0, 0.1) is 11.8 Å². The second kappa shape index (κ2) is 3.14. The largest absolute Gasteiger partial charge is 0.393 e. The molecule has 1 heteroatoms. The molecule has 64 valence electrons. The summed E-state index contributed by atoms with van der Waals surface area (Å²) >= 11 is 0. The molecule has 0 saturated heterocycles. The molecule has 0 radical (unpaired) electrons. The second-order valence-corrected chi connectivity index (χ2v) is 4.28. The van der Waals surface area contributed by atoms with Gasteiger partial charge in [0.2, 0.25) is 0 Å². The Bertz CT molecular complexity index is 129. The quantitative estimate of drug-likeness (QED) is 0.659. The van der Waals surface area contributed by atoms with Crippen molar-refractivity contribution < 1.29 is 5.11 Å². The van der Waals surface area contributed by atoms with Gasteiger partial charge in [0.1, 0.15) is 0 Å². The van der Waals surface area contributed by atoms with Gasteiger partial charge in [-0.2, -0.15) is 0 Å². The Morgan fingerprint density at radius 1 is 1.00 bits per heavy atom. The van der Waals surface area contributed by atoms with Gasteiger partial charge >= 0.3 is 0 Å². The smallest absolute Gasteiger partial charge is 0.0568 e. The zero-order chi connectivity index (χ0) is 7.68. The van der Waals surface area contributed by atoms with Gasteiger partial charge in [-0.1, -0.05) is 25.7 Å². The Kier molecular flexibility index (Phi) is 2.17. The van der Waals surface area contributed by atoms with E-state index < -0.39 is 0 Å². The predicted octanol–water partition coefficient (Wildman–Crippen LogP) is 2.34. The van der Waals surface area contributed by atoms with Gasteiger partial charge in [0.15, 0.2) is 0 Å². The Hall–Kier alpha value is -0.0400. The number of hydrogen-bond donors (Lipinski definition) is 1. The van der Waals surface area contributed by atoms with Crippen molar-refractivity contribution in [3.63, 3.8) is 0 Å². The fourth-order valence-electron chi connectivity index (χ4n) is 1.96. The van der Waals surface area contributed by atoms with Crippen LogP contribution in [0.3, 0.4) is 0 Å². The lowest BCUT2D eigenvalue weighted by molar-refractivity contribution is 0.0180. The molecule has 0 bridgehead atoms. The van der Waals surface area contributed by atoms with Gasteiger partial charge in [0, 0.05) is 0 Å². The summed E-state index contributed by atoms with van der Waals surface area (Å²) in [6.07, 6.45) is 9.46. The summed E-state index contributed by atoms with van der Waals surface area (Å²) in [5.74, 6) is 1.75. The Labute approximate surface area is 68.8 Å². The molecule has 2 atom stereocenters. The first-order chi connectivity index (χ1) is 5.36. The van der Waals surface area contributed by atoms with Gasteiger partial charge in [-0.05, 0) is 31.1 Å². The molecule has 2 aliphatic rings. The molecule has 1 nitrogen and oxygen atoms in total. The number of rotatable bonds is 4. The molecule has 2 aliphatic carbocycles. The monoisotopic (exact) mass is 154 g/mol. The van der Waals surface area contributed by atoms with Crippen molar-refractivity contribution in [1.29, 1.82) is 0 Å². The van der Waals surface area contributed by atoms with Gasteiger partial charge in [0.25, 0.3) is 0 Å². The van der Waals surface area contributed by atoms with Crippen LogP contribution in [0.25, 0.3) is 0 Å². The normalized spacial score (nSPS) is 36.8. The fourth-order valence-corrected chi connectivity index (χ4v) is 1.96. The Morgan fingerprint density at radius 2 is 1.82 bits per heavy atom. The van der Waals surface area contributed by atoms with Gasteiger partial charge in [-0.25, -0.2) is 0 Å². The van der Waals surface area contributed by atoms with Gasteiger partial charge in [-0.3, -0.25) is 0 Å². The van der Waals surface area contributed by atoms with Crippen LogP contribution >= 0.6 is 0 Å². The summed E-state index contributed by atoms with van der Waals surface area (Å²) in [5, 5.41) is 9.29. The van der Waals surface area contributed by atoms with E-state index in [1.54, 1.807) is 0 Å². The minimum Gasteiger partial charge on any atom is -0.393 e. The van der Waals surface area contributed by atoms with E-state index in [0.717, 1.165) is 12.3 Å². The standard InChI is InChI=1S/C10H18O/c11-10-7-6-9(10)3-1-2-8-4-5-8/h8-11H,1-7H2. The van der Waals surface area contributed by atoms with E-state index in [4.69, 9.17) is 0 Å². The maximum atomic E-state index is 9.29. The minimum atomic E-state index is 0.0641. The summed E-state index contributed by atoms with van der Waals surface area (Å²) in [6, 6.07) is 0. The molecular weight excluding hydrogens is 136 g/mol. The van der Waals surface area contributed by atoms with E-state index in [2.05, 4.69) is 0 Å². The molecule has 0 spiro atoms. The summed E-state index contributed by atoms with van der Waals surface area (Å²) < 4.78 is 0. The molecule has 0 aromatic heterocycles. The summed E-state index contributed by atoms with van der Waals surface area (Å²) in [6.45, 7) is 0. The molecule has 0 aromatic rings. The van der Waals surface area contributed by atoms with E-state index in [9.17, 15) is 5.11 Å². The first kappa shape index (κ1) is 7.60. The highest BCUT2D eigenvalue weighted by Gasteiger charge is 2.29. The van der Waals surface area contributed by atoms with Crippen molar-refractivity contribution in [3.05, 3.63) is 0 Å². The third-order valence-corrected chi connectivity index (χ3v) is 3.26. The van der Waals surface area contributed by atoms with E-state index in [1.807, 2.05) is 0 Å². The summed E-state index contributed by atoms with van der Waals surface area (Å²) in [4.78, 5) is 0. The maximum Gasteiger partial charge on any atom is 0.0568 e. The van der Waals surface area contributed by atoms with Gasteiger partial charge < -0.3 is 5.11 Å². The van der Waals surface area contributed by atoms with Crippen LogP contribution in [0.15, 0.2) is 0 Å². The first-order valence-corrected chi connectivity index (χ1v) is 5.04. The average Bonchev–Trinajstić information content (AvgIpc) is 2.78. The molecule has 1 N–H and O–H groups in total. The molecule has 2 fully saturated rings. The van der Waals surface area contributed by atoms with Crippen LogP contribution in [0.2, 0.25) is 0 Å². The molecule has 0 amide bonds. The molecule has 0 aromatic carbocycles. The van der Waals surface area contributed by atoms with Crippen molar-refractivity contribution in [2.75, 3.05) is 0 Å². The molecule has 2 saturated carbocycles. The van der Waals surface area contributed by atoms with Gasteiger partial charge in [0.05, 0.1) is 6.10 Å². The van der Waals surface area contributed by atoms with Crippen molar-refractivity contribution in [3.8, 4) is 0 Å². The van der Waals surface area contributed by atoms with Crippen LogP contribution in [0.5, 0.6) is 0 Å². The van der Waals surface area contributed by atoms with E-state index in [1.165, 1.54) is 38.5 Å². The molecule has 0 aliphatic heterocycles. The van der Waals surface area contributed by atoms with Crippen molar-refractivity contribution in [2.24, 2.45) is 11.8 Å². The van der Waals surface area contributed by atoms with Crippen LogP contribution in [-0.2, 0) is 0 Å². The average molecular weight is 154 g/mol. The number of aliphatic hydroxyl groups excluding tert-OH is 1. The molecule has 2 rings (SSSR count). The van der Waals surface area contributed by atoms with Crippen molar-refractivity contribution >= 4 is 0 Å². The van der Waals surface area contributed by atoms with Crippen molar-refractivity contribution in [1.82, 2.24) is 0 Å². The summed E-state index contributed by atoms with van der Waals surface area (Å²) in [5.41, 5.74) is 0. The number of hydrogen-bond acceptors (Lipinski definition) is 1. The topological polar surface area (TPSA) is 20.2 Å². The molecule has 11 heavy (non-hydrogen) atoms. The predicted molar refractivity (Wildman–Crippen MR) is 45.3 cm³/mol. The van der Waals surface area contributed by atoms with Crippen LogP contribution in [-0.4, -0.2) is 11.2 Å². The third-order valence-electron chi connectivity index (χ3n) is 3.26.